The standard InChI is InChI=1S/C26H35N3O4/c1-16-5-7-28-22(9-16)20-13-29-8-6-17-10-25(31-14-18-15-32-26(2,3)33-18)24(30-4)11-19(17)23(29)12-21(20)27/h5,7,9-11,18,20-21,23H,6,8,12-15,27H2,1-4H3/t18-,20-,21+,23+/m0/s1. The lowest BCUT2D eigenvalue weighted by Gasteiger charge is -2.46. The van der Waals surface area contributed by atoms with Crippen LogP contribution in [0.3, 0.4) is 0 Å². The summed E-state index contributed by atoms with van der Waals surface area (Å²) in [7, 11) is 1.69. The van der Waals surface area contributed by atoms with Gasteiger partial charge in [0, 0.05) is 43.0 Å². The van der Waals surface area contributed by atoms with Crippen molar-refractivity contribution in [2.75, 3.05) is 33.4 Å². The Morgan fingerprint density at radius 2 is 2.09 bits per heavy atom. The van der Waals surface area contributed by atoms with Crippen LogP contribution in [0.2, 0.25) is 0 Å². The summed E-state index contributed by atoms with van der Waals surface area (Å²) in [5, 5.41) is 0. The van der Waals surface area contributed by atoms with E-state index in [-0.39, 0.29) is 18.1 Å². The first kappa shape index (κ1) is 22.6. The van der Waals surface area contributed by atoms with Crippen LogP contribution in [0.25, 0.3) is 0 Å². The third kappa shape index (κ3) is 4.60. The summed E-state index contributed by atoms with van der Waals surface area (Å²) in [5.41, 5.74) is 11.7. The number of hydrogen-bond donors (Lipinski definition) is 1. The van der Waals surface area contributed by atoms with Gasteiger partial charge in [-0.25, -0.2) is 0 Å². The van der Waals surface area contributed by atoms with Gasteiger partial charge in [-0.1, -0.05) is 0 Å². The Balaban J connectivity index is 1.33. The Kier molecular flexibility index (Phi) is 6.07. The van der Waals surface area contributed by atoms with Crippen LogP contribution in [0.1, 0.15) is 54.6 Å². The lowest BCUT2D eigenvalue weighted by Crippen LogP contribution is -2.50. The molecular weight excluding hydrogens is 418 g/mol. The lowest BCUT2D eigenvalue weighted by atomic mass is 9.79. The van der Waals surface area contributed by atoms with Crippen LogP contribution >= 0.6 is 0 Å². The van der Waals surface area contributed by atoms with Crippen LogP contribution in [-0.2, 0) is 15.9 Å². The average molecular weight is 454 g/mol. The summed E-state index contributed by atoms with van der Waals surface area (Å²) in [4.78, 5) is 7.20. The van der Waals surface area contributed by atoms with Crippen molar-refractivity contribution >= 4 is 0 Å². The van der Waals surface area contributed by atoms with Crippen LogP contribution in [-0.4, -0.2) is 61.2 Å². The molecule has 0 spiro atoms. The zero-order valence-electron chi connectivity index (χ0n) is 20.0. The maximum absolute atomic E-state index is 6.72. The first-order chi connectivity index (χ1) is 15.8. The van der Waals surface area contributed by atoms with E-state index in [9.17, 15) is 0 Å². The van der Waals surface area contributed by atoms with E-state index >= 15 is 0 Å². The van der Waals surface area contributed by atoms with Gasteiger partial charge in [-0.2, -0.15) is 0 Å². The van der Waals surface area contributed by atoms with Crippen molar-refractivity contribution < 1.29 is 18.9 Å². The average Bonchev–Trinajstić information content (AvgIpc) is 3.15. The Hall–Kier alpha value is -2.19. The molecule has 3 aliphatic heterocycles. The fraction of sp³-hybridized carbons (Fsp3) is 0.577. The van der Waals surface area contributed by atoms with Gasteiger partial charge in [-0.3, -0.25) is 9.88 Å². The van der Waals surface area contributed by atoms with E-state index in [0.29, 0.717) is 19.3 Å². The number of nitrogens with two attached hydrogens (primary N) is 1. The van der Waals surface area contributed by atoms with Crippen LogP contribution in [0.15, 0.2) is 30.5 Å². The third-order valence-corrected chi connectivity index (χ3v) is 7.15. The van der Waals surface area contributed by atoms with E-state index in [1.165, 1.54) is 16.7 Å². The molecule has 33 heavy (non-hydrogen) atoms. The monoisotopic (exact) mass is 453 g/mol. The minimum Gasteiger partial charge on any atom is -0.493 e. The number of benzene rings is 1. The van der Waals surface area contributed by atoms with Gasteiger partial charge in [0.05, 0.1) is 13.7 Å². The molecule has 3 aliphatic rings. The Morgan fingerprint density at radius 1 is 1.24 bits per heavy atom. The van der Waals surface area contributed by atoms with E-state index in [0.717, 1.165) is 43.1 Å². The van der Waals surface area contributed by atoms with Gasteiger partial charge in [0.15, 0.2) is 17.3 Å². The molecule has 5 rings (SSSR count). The predicted molar refractivity (Wildman–Crippen MR) is 126 cm³/mol. The third-order valence-electron chi connectivity index (χ3n) is 7.15. The number of nitrogens with zero attached hydrogens (tertiary/aromatic N) is 2. The lowest BCUT2D eigenvalue weighted by molar-refractivity contribution is -0.141. The van der Waals surface area contributed by atoms with Crippen molar-refractivity contribution in [1.82, 2.24) is 9.88 Å². The molecule has 0 saturated carbocycles. The van der Waals surface area contributed by atoms with Gasteiger partial charge < -0.3 is 24.7 Å². The van der Waals surface area contributed by atoms with Gasteiger partial charge in [0.25, 0.3) is 0 Å². The number of hydrogen-bond acceptors (Lipinski definition) is 7. The highest BCUT2D eigenvalue weighted by atomic mass is 16.7. The number of pyridine rings is 1. The van der Waals surface area contributed by atoms with Crippen LogP contribution < -0.4 is 15.2 Å². The zero-order chi connectivity index (χ0) is 23.2. The van der Waals surface area contributed by atoms with Gasteiger partial charge in [-0.05, 0) is 74.6 Å². The van der Waals surface area contributed by atoms with E-state index in [2.05, 4.69) is 35.0 Å². The normalized spacial score (nSPS) is 28.8. The molecule has 1 aromatic carbocycles. The van der Waals surface area contributed by atoms with E-state index in [1.807, 2.05) is 26.1 Å². The summed E-state index contributed by atoms with van der Waals surface area (Å²) < 4.78 is 23.4. The van der Waals surface area contributed by atoms with Crippen molar-refractivity contribution in [3.8, 4) is 11.5 Å². The van der Waals surface area contributed by atoms with Crippen LogP contribution in [0, 0.1) is 6.92 Å². The Bertz CT molecular complexity index is 1010. The molecule has 0 bridgehead atoms. The molecule has 7 heteroatoms. The fourth-order valence-electron chi connectivity index (χ4n) is 5.44. The molecule has 0 aliphatic carbocycles. The van der Waals surface area contributed by atoms with Crippen molar-refractivity contribution in [3.63, 3.8) is 0 Å². The van der Waals surface area contributed by atoms with Gasteiger partial charge in [0.1, 0.15) is 12.7 Å². The zero-order valence-corrected chi connectivity index (χ0v) is 20.0. The molecule has 2 saturated heterocycles. The minimum atomic E-state index is -0.553. The molecule has 4 atom stereocenters. The van der Waals surface area contributed by atoms with Crippen molar-refractivity contribution in [3.05, 3.63) is 52.8 Å². The molecule has 7 nitrogen and oxygen atoms in total. The first-order valence-corrected chi connectivity index (χ1v) is 11.9. The molecule has 2 fully saturated rings. The molecular formula is C26H35N3O4. The highest BCUT2D eigenvalue weighted by Crippen LogP contribution is 2.44. The number of rotatable bonds is 5. The predicted octanol–water partition coefficient (Wildman–Crippen LogP) is 3.34. The Morgan fingerprint density at radius 3 is 2.82 bits per heavy atom. The van der Waals surface area contributed by atoms with E-state index < -0.39 is 5.79 Å². The minimum absolute atomic E-state index is 0.0660. The molecule has 2 N–H and O–H groups in total. The molecule has 0 unspecified atom stereocenters. The molecule has 178 valence electrons. The van der Waals surface area contributed by atoms with Crippen LogP contribution in [0.4, 0.5) is 0 Å². The first-order valence-electron chi connectivity index (χ1n) is 11.9. The second-order valence-corrected chi connectivity index (χ2v) is 9.99. The smallest absolute Gasteiger partial charge is 0.163 e. The quantitative estimate of drug-likeness (QED) is 0.744. The fourth-order valence-corrected chi connectivity index (χ4v) is 5.44. The largest absolute Gasteiger partial charge is 0.493 e. The highest BCUT2D eigenvalue weighted by molar-refractivity contribution is 5.50. The summed E-state index contributed by atoms with van der Waals surface area (Å²) >= 11 is 0. The molecule has 4 heterocycles. The number of methoxy groups -OCH3 is 1. The topological polar surface area (TPSA) is 79.1 Å². The SMILES string of the molecule is COc1cc2c(cc1OC[C@H]1COC(C)(C)O1)CCN1C[C@H](c3cc(C)ccn3)[C@H](N)C[C@H]21. The van der Waals surface area contributed by atoms with E-state index in [1.54, 1.807) is 7.11 Å². The molecule has 2 aromatic rings. The molecule has 0 amide bonds. The summed E-state index contributed by atoms with van der Waals surface area (Å²) in [6.45, 7) is 8.86. The maximum Gasteiger partial charge on any atom is 0.163 e. The second-order valence-electron chi connectivity index (χ2n) is 9.99. The molecule has 1 aromatic heterocycles. The summed E-state index contributed by atoms with van der Waals surface area (Å²) in [6, 6.07) is 8.87. The van der Waals surface area contributed by atoms with Crippen molar-refractivity contribution in [2.24, 2.45) is 5.73 Å². The maximum atomic E-state index is 6.72. The number of piperidine rings is 1. The number of aryl methyl sites for hydroxylation is 1. The van der Waals surface area contributed by atoms with Crippen LogP contribution in [0.5, 0.6) is 11.5 Å². The highest BCUT2D eigenvalue weighted by Gasteiger charge is 2.39. The van der Waals surface area contributed by atoms with Gasteiger partial charge in [-0.15, -0.1) is 0 Å². The molecule has 0 radical (unpaired) electrons. The van der Waals surface area contributed by atoms with Crippen molar-refractivity contribution in [2.45, 2.75) is 63.5 Å². The second kappa shape index (κ2) is 8.87. The van der Waals surface area contributed by atoms with Gasteiger partial charge >= 0.3 is 0 Å². The Labute approximate surface area is 196 Å². The number of aromatic nitrogens is 1. The number of ether oxygens (including phenoxy) is 4. The van der Waals surface area contributed by atoms with E-state index in [4.69, 9.17) is 24.7 Å². The van der Waals surface area contributed by atoms with Gasteiger partial charge in [0.2, 0.25) is 0 Å². The summed E-state index contributed by atoms with van der Waals surface area (Å²) in [6.07, 6.45) is 3.69. The summed E-state index contributed by atoms with van der Waals surface area (Å²) in [5.74, 6) is 1.22. The number of fused-ring (bicyclic) bond motifs is 3. The van der Waals surface area contributed by atoms with Crippen molar-refractivity contribution in [1.29, 1.82) is 0 Å².